The summed E-state index contributed by atoms with van der Waals surface area (Å²) < 4.78 is 0. The zero-order chi connectivity index (χ0) is 22.1. The van der Waals surface area contributed by atoms with E-state index in [1.165, 1.54) is 6.42 Å². The van der Waals surface area contributed by atoms with Crippen LogP contribution in [-0.4, -0.2) is 57.7 Å². The second-order valence-corrected chi connectivity index (χ2v) is 9.27. The Hall–Kier alpha value is -2.61. The highest BCUT2D eigenvalue weighted by Crippen LogP contribution is 2.41. The predicted octanol–water partition coefficient (Wildman–Crippen LogP) is 1.53. The minimum atomic E-state index is -0.503. The molecule has 0 unspecified atom stereocenters. The van der Waals surface area contributed by atoms with Gasteiger partial charge in [0.15, 0.2) is 0 Å². The number of aromatic hydroxyl groups is 1. The number of benzene rings is 1. The Morgan fingerprint density at radius 2 is 1.84 bits per heavy atom. The number of phenols is 1. The molecule has 0 bridgehead atoms. The number of likely N-dealkylation sites (tertiary alicyclic amines) is 2. The minimum absolute atomic E-state index is 0.0197. The monoisotopic (exact) mass is 427 g/mol. The van der Waals surface area contributed by atoms with Crippen molar-refractivity contribution in [2.24, 2.45) is 23.3 Å². The lowest BCUT2D eigenvalue weighted by Gasteiger charge is -2.48. The summed E-state index contributed by atoms with van der Waals surface area (Å²) in [6.07, 6.45) is 7.05. The van der Waals surface area contributed by atoms with Gasteiger partial charge in [-0.25, -0.2) is 0 Å². The number of amides is 2. The summed E-state index contributed by atoms with van der Waals surface area (Å²) in [5, 5.41) is 17.8. The fourth-order valence-corrected chi connectivity index (χ4v) is 5.90. The quantitative estimate of drug-likeness (QED) is 0.417. The number of nitrogens with one attached hydrogen (secondary N) is 1. The number of carbonyl (C=O) groups is 2. The van der Waals surface area contributed by atoms with E-state index in [2.05, 4.69) is 4.90 Å². The molecule has 4 atom stereocenters. The zero-order valence-electron chi connectivity index (χ0n) is 17.9. The van der Waals surface area contributed by atoms with Gasteiger partial charge in [-0.3, -0.25) is 19.9 Å². The third kappa shape index (κ3) is 4.26. The molecule has 8 heteroatoms. The molecule has 3 fully saturated rings. The first kappa shape index (κ1) is 21.6. The van der Waals surface area contributed by atoms with Crippen LogP contribution in [0.25, 0.3) is 0 Å². The fourth-order valence-electron chi connectivity index (χ4n) is 5.90. The molecule has 2 amide bonds. The van der Waals surface area contributed by atoms with Gasteiger partial charge in [-0.2, -0.15) is 0 Å². The van der Waals surface area contributed by atoms with Crippen molar-refractivity contribution in [1.29, 1.82) is 5.41 Å². The number of amidine groups is 1. The Labute approximate surface area is 183 Å². The summed E-state index contributed by atoms with van der Waals surface area (Å²) in [6, 6.07) is 4.37. The van der Waals surface area contributed by atoms with Gasteiger partial charge in [0.1, 0.15) is 17.6 Å². The molecule has 1 aromatic rings. The van der Waals surface area contributed by atoms with E-state index >= 15 is 0 Å². The Kier molecular flexibility index (Phi) is 6.18. The van der Waals surface area contributed by atoms with Crippen LogP contribution in [0.4, 0.5) is 0 Å². The van der Waals surface area contributed by atoms with E-state index in [0.29, 0.717) is 31.0 Å². The Bertz CT molecular complexity index is 873. The molecule has 1 saturated carbocycles. The second-order valence-electron chi connectivity index (χ2n) is 9.27. The molecule has 2 saturated heterocycles. The van der Waals surface area contributed by atoms with Gasteiger partial charge in [0.2, 0.25) is 11.8 Å². The molecule has 1 aliphatic carbocycles. The number of hydrogen-bond acceptors (Lipinski definition) is 5. The van der Waals surface area contributed by atoms with E-state index < -0.39 is 11.9 Å². The van der Waals surface area contributed by atoms with Crippen LogP contribution in [0.2, 0.25) is 0 Å². The molecular weight excluding hydrogens is 394 g/mol. The maximum atomic E-state index is 13.8. The zero-order valence-corrected chi connectivity index (χ0v) is 17.9. The van der Waals surface area contributed by atoms with Gasteiger partial charge in [-0.05, 0) is 61.8 Å². The summed E-state index contributed by atoms with van der Waals surface area (Å²) >= 11 is 0. The average Bonchev–Trinajstić information content (AvgIpc) is 3.23. The van der Waals surface area contributed by atoms with Crippen molar-refractivity contribution in [3.05, 3.63) is 29.3 Å². The van der Waals surface area contributed by atoms with Crippen LogP contribution in [0.3, 0.4) is 0 Å². The summed E-state index contributed by atoms with van der Waals surface area (Å²) in [5.41, 5.74) is 12.3. The maximum absolute atomic E-state index is 13.8. The van der Waals surface area contributed by atoms with E-state index in [1.807, 2.05) is 6.07 Å². The number of carbonyl (C=O) groups excluding carboxylic acids is 2. The van der Waals surface area contributed by atoms with Crippen molar-refractivity contribution in [3.63, 3.8) is 0 Å². The molecule has 168 valence electrons. The molecule has 4 rings (SSSR count). The number of fused-ring (bicyclic) bond motifs is 1. The van der Waals surface area contributed by atoms with Gasteiger partial charge in [-0.1, -0.05) is 25.3 Å². The molecule has 0 radical (unpaired) electrons. The maximum Gasteiger partial charge on any atom is 0.240 e. The van der Waals surface area contributed by atoms with Crippen molar-refractivity contribution in [2.45, 2.75) is 63.6 Å². The van der Waals surface area contributed by atoms with Crippen molar-refractivity contribution in [1.82, 2.24) is 9.80 Å². The SMILES string of the molecule is N=C(N)c1ccc(CN2CC[C@H]3CCCC[C@H]3[C@@H]2C(=O)N2CCC[C@H]2C(N)=O)cc1O. The lowest BCUT2D eigenvalue weighted by Crippen LogP contribution is -2.59. The number of nitrogen functional groups attached to an aromatic ring is 1. The van der Waals surface area contributed by atoms with Gasteiger partial charge >= 0.3 is 0 Å². The normalized spacial score (nSPS) is 28.8. The number of nitrogens with zero attached hydrogens (tertiary/aromatic N) is 2. The number of rotatable bonds is 5. The highest BCUT2D eigenvalue weighted by atomic mass is 16.3. The topological polar surface area (TPSA) is 137 Å². The molecule has 2 heterocycles. The number of phenolic OH excluding ortho intramolecular Hbond substituents is 1. The fraction of sp³-hybridized carbons (Fsp3) is 0.609. The first-order valence-corrected chi connectivity index (χ1v) is 11.4. The average molecular weight is 428 g/mol. The van der Waals surface area contributed by atoms with E-state index in [0.717, 1.165) is 44.2 Å². The largest absolute Gasteiger partial charge is 0.507 e. The van der Waals surface area contributed by atoms with Crippen molar-refractivity contribution in [2.75, 3.05) is 13.1 Å². The molecule has 0 spiro atoms. The van der Waals surface area contributed by atoms with Gasteiger partial charge in [-0.15, -0.1) is 0 Å². The van der Waals surface area contributed by atoms with Crippen LogP contribution in [0, 0.1) is 17.2 Å². The predicted molar refractivity (Wildman–Crippen MR) is 117 cm³/mol. The van der Waals surface area contributed by atoms with Crippen LogP contribution in [0.5, 0.6) is 5.75 Å². The van der Waals surface area contributed by atoms with Crippen LogP contribution in [0.1, 0.15) is 56.1 Å². The minimum Gasteiger partial charge on any atom is -0.507 e. The molecule has 2 aliphatic heterocycles. The number of hydrogen-bond donors (Lipinski definition) is 4. The van der Waals surface area contributed by atoms with E-state index in [4.69, 9.17) is 16.9 Å². The Morgan fingerprint density at radius 3 is 2.55 bits per heavy atom. The summed E-state index contributed by atoms with van der Waals surface area (Å²) in [4.78, 5) is 29.6. The third-order valence-corrected chi connectivity index (χ3v) is 7.41. The standard InChI is InChI=1S/C23H33N5O3/c24-21(25)17-8-7-14(12-19(17)29)13-27-11-9-15-4-1-2-5-16(15)20(27)23(31)28-10-3-6-18(28)22(26)30/h7-8,12,15-16,18,20,29H,1-6,9-11,13H2,(H3,24,25)(H2,26,30)/t15-,16-,18+,20-/m1/s1. The lowest BCUT2D eigenvalue weighted by atomic mass is 9.70. The van der Waals surface area contributed by atoms with E-state index in [1.54, 1.807) is 17.0 Å². The first-order valence-electron chi connectivity index (χ1n) is 11.4. The second kappa shape index (κ2) is 8.86. The summed E-state index contributed by atoms with van der Waals surface area (Å²) in [6.45, 7) is 1.92. The molecule has 3 aliphatic rings. The van der Waals surface area contributed by atoms with Crippen LogP contribution in [0.15, 0.2) is 18.2 Å². The van der Waals surface area contributed by atoms with Crippen molar-refractivity contribution < 1.29 is 14.7 Å². The smallest absolute Gasteiger partial charge is 0.240 e. The molecule has 8 nitrogen and oxygen atoms in total. The van der Waals surface area contributed by atoms with Gasteiger partial charge < -0.3 is 21.5 Å². The van der Waals surface area contributed by atoms with Gasteiger partial charge in [0.25, 0.3) is 0 Å². The molecule has 0 aromatic heterocycles. The summed E-state index contributed by atoms with van der Waals surface area (Å²) in [7, 11) is 0. The molecule has 31 heavy (non-hydrogen) atoms. The van der Waals surface area contributed by atoms with Gasteiger partial charge in [0.05, 0.1) is 11.6 Å². The highest BCUT2D eigenvalue weighted by Gasteiger charge is 2.46. The molecule has 1 aromatic carbocycles. The Morgan fingerprint density at radius 1 is 1.06 bits per heavy atom. The van der Waals surface area contributed by atoms with Crippen LogP contribution < -0.4 is 11.5 Å². The third-order valence-electron chi connectivity index (χ3n) is 7.41. The van der Waals surface area contributed by atoms with Crippen molar-refractivity contribution in [3.8, 4) is 5.75 Å². The van der Waals surface area contributed by atoms with E-state index in [9.17, 15) is 14.7 Å². The highest BCUT2D eigenvalue weighted by molar-refractivity contribution is 5.97. The number of primary amides is 1. The first-order chi connectivity index (χ1) is 14.9. The number of nitrogens with two attached hydrogens (primary N) is 2. The Balaban J connectivity index is 1.60. The lowest BCUT2D eigenvalue weighted by molar-refractivity contribution is -0.147. The van der Waals surface area contributed by atoms with Crippen molar-refractivity contribution >= 4 is 17.6 Å². The molecular formula is C23H33N5O3. The summed E-state index contributed by atoms with van der Waals surface area (Å²) in [5.74, 6) is 0.248. The number of piperidine rings is 1. The van der Waals surface area contributed by atoms with Crippen LogP contribution >= 0.6 is 0 Å². The van der Waals surface area contributed by atoms with E-state index in [-0.39, 0.29) is 29.5 Å². The molecule has 6 N–H and O–H groups in total. The van der Waals surface area contributed by atoms with Crippen LogP contribution in [-0.2, 0) is 16.1 Å². The van der Waals surface area contributed by atoms with Gasteiger partial charge in [0, 0.05) is 13.1 Å².